The molecule has 214 valence electrons. The zero-order valence-corrected chi connectivity index (χ0v) is 24.5. The van der Waals surface area contributed by atoms with Crippen LogP contribution in [0.25, 0.3) is 38.8 Å². The van der Waals surface area contributed by atoms with Gasteiger partial charge < -0.3 is 9.47 Å². The van der Waals surface area contributed by atoms with E-state index in [1.807, 2.05) is 17.1 Å². The van der Waals surface area contributed by atoms with E-state index < -0.39 is 0 Å². The second-order valence-electron chi connectivity index (χ2n) is 11.9. The van der Waals surface area contributed by atoms with Crippen molar-refractivity contribution in [1.82, 2.24) is 4.57 Å². The fourth-order valence-electron chi connectivity index (χ4n) is 7.46. The Morgan fingerprint density at radius 3 is 2.11 bits per heavy atom. The monoisotopic (exact) mass is 583 g/mol. The first-order valence-electron chi connectivity index (χ1n) is 15.3. The minimum atomic E-state index is -0.337. The summed E-state index contributed by atoms with van der Waals surface area (Å²) in [6.45, 7) is 0. The molecule has 0 aliphatic carbocycles. The van der Waals surface area contributed by atoms with Gasteiger partial charge in [-0.05, 0) is 71.8 Å². The lowest BCUT2D eigenvalue weighted by Crippen LogP contribution is -2.31. The molecule has 0 N–H and O–H groups in total. The number of benzene rings is 5. The number of aryl methyl sites for hydroxylation is 1. The van der Waals surface area contributed by atoms with Crippen molar-refractivity contribution in [2.45, 2.75) is 12.1 Å². The average molecular weight is 584 g/mol. The fourth-order valence-corrected chi connectivity index (χ4v) is 7.46. The van der Waals surface area contributed by atoms with E-state index in [1.165, 1.54) is 16.3 Å². The Kier molecular flexibility index (Phi) is 4.95. The lowest BCUT2D eigenvalue weighted by Gasteiger charge is -2.28. The number of rotatable bonds is 3. The Morgan fingerprint density at radius 1 is 0.622 bits per heavy atom. The second kappa shape index (κ2) is 9.07. The summed E-state index contributed by atoms with van der Waals surface area (Å²) < 4.78 is 18.0. The minimum absolute atomic E-state index is 0.105. The highest BCUT2D eigenvalue weighted by molar-refractivity contribution is 6.07. The van der Waals surface area contributed by atoms with Crippen molar-refractivity contribution in [2.24, 2.45) is 12.1 Å². The Bertz CT molecular complexity index is 2360. The van der Waals surface area contributed by atoms with Crippen LogP contribution in [-0.2, 0) is 11.8 Å². The quantitative estimate of drug-likeness (QED) is 0.198. The molecule has 6 nitrogen and oxygen atoms in total. The summed E-state index contributed by atoms with van der Waals surface area (Å²) in [5.74, 6) is 2.23. The highest BCUT2D eigenvalue weighted by Gasteiger charge is 2.52. The van der Waals surface area contributed by atoms with Crippen molar-refractivity contribution in [3.8, 4) is 28.3 Å². The molecule has 0 fully saturated rings. The Balaban J connectivity index is 1.14. The summed E-state index contributed by atoms with van der Waals surface area (Å²) in [5, 5.41) is 9.54. The van der Waals surface area contributed by atoms with E-state index in [-0.39, 0.29) is 12.1 Å². The molecule has 0 saturated heterocycles. The molecule has 6 heteroatoms. The Hall–Kier alpha value is -5.88. The number of hydrogen-bond donors (Lipinski definition) is 0. The maximum atomic E-state index is 6.83. The predicted molar refractivity (Wildman–Crippen MR) is 176 cm³/mol. The molecule has 2 atom stereocenters. The largest absolute Gasteiger partial charge is 0.456 e. The van der Waals surface area contributed by atoms with Crippen molar-refractivity contribution in [3.63, 3.8) is 0 Å². The third kappa shape index (κ3) is 3.39. The topological polar surface area (TPSA) is 42.9 Å². The highest BCUT2D eigenvalue weighted by atomic mass is 16.5. The van der Waals surface area contributed by atoms with Gasteiger partial charge in [0, 0.05) is 16.5 Å². The predicted octanol–water partition coefficient (Wildman–Crippen LogP) is 8.05. The van der Waals surface area contributed by atoms with Gasteiger partial charge in [0.2, 0.25) is 12.1 Å². The van der Waals surface area contributed by atoms with Crippen LogP contribution >= 0.6 is 0 Å². The van der Waals surface area contributed by atoms with Crippen LogP contribution in [0.3, 0.4) is 0 Å². The molecule has 0 bridgehead atoms. The first kappa shape index (κ1) is 24.6. The second-order valence-corrected chi connectivity index (χ2v) is 11.9. The van der Waals surface area contributed by atoms with Crippen LogP contribution in [-0.4, -0.2) is 16.7 Å². The zero-order chi connectivity index (χ0) is 29.6. The number of anilines is 1. The summed E-state index contributed by atoms with van der Waals surface area (Å²) >= 11 is 0. The van der Waals surface area contributed by atoms with E-state index >= 15 is 0 Å². The Labute approximate surface area is 259 Å². The van der Waals surface area contributed by atoms with E-state index in [0.717, 1.165) is 56.3 Å². The van der Waals surface area contributed by atoms with Crippen LogP contribution in [0.2, 0.25) is 0 Å². The van der Waals surface area contributed by atoms with Crippen LogP contribution in [0.5, 0.6) is 11.5 Å². The zero-order valence-electron chi connectivity index (χ0n) is 24.5. The van der Waals surface area contributed by atoms with Gasteiger partial charge >= 0.3 is 0 Å². The molecular formula is C39H27N4O2+. The maximum Gasteiger partial charge on any atom is 0.294 e. The van der Waals surface area contributed by atoms with Gasteiger partial charge in [-0.25, -0.2) is 9.58 Å². The number of hydrazone groups is 1. The van der Waals surface area contributed by atoms with E-state index in [4.69, 9.17) is 14.6 Å². The molecule has 0 amide bonds. The van der Waals surface area contributed by atoms with Gasteiger partial charge in [-0.15, -0.1) is 5.10 Å². The molecule has 5 aromatic carbocycles. The van der Waals surface area contributed by atoms with Crippen molar-refractivity contribution >= 4 is 33.5 Å². The molecule has 45 heavy (non-hydrogen) atoms. The normalized spacial score (nSPS) is 17.4. The van der Waals surface area contributed by atoms with Crippen molar-refractivity contribution in [2.75, 3.05) is 5.01 Å². The number of para-hydroxylation sites is 1. The summed E-state index contributed by atoms with van der Waals surface area (Å²) in [6.07, 6.45) is 1.77. The number of nitrogens with zero attached hydrogens (tertiary/aromatic N) is 4. The molecule has 0 spiro atoms. The van der Waals surface area contributed by atoms with Crippen LogP contribution < -0.4 is 14.3 Å². The first-order chi connectivity index (χ1) is 22.2. The molecule has 3 aliphatic heterocycles. The lowest BCUT2D eigenvalue weighted by molar-refractivity contribution is -0.647. The van der Waals surface area contributed by atoms with Gasteiger partial charge in [-0.1, -0.05) is 66.7 Å². The van der Waals surface area contributed by atoms with Crippen molar-refractivity contribution < 1.29 is 14.0 Å². The highest BCUT2D eigenvalue weighted by Crippen LogP contribution is 2.58. The van der Waals surface area contributed by atoms with Gasteiger partial charge in [-0.2, -0.15) is 4.57 Å². The van der Waals surface area contributed by atoms with Gasteiger partial charge in [-0.3, -0.25) is 0 Å². The van der Waals surface area contributed by atoms with Crippen LogP contribution in [0.4, 0.5) is 5.69 Å². The van der Waals surface area contributed by atoms with Gasteiger partial charge in [0.05, 0.1) is 35.8 Å². The average Bonchev–Trinajstić information content (AvgIpc) is 3.76. The van der Waals surface area contributed by atoms with E-state index in [2.05, 4.69) is 138 Å². The third-order valence-electron chi connectivity index (χ3n) is 9.41. The van der Waals surface area contributed by atoms with Crippen molar-refractivity contribution in [1.29, 1.82) is 0 Å². The number of aromatic nitrogens is 2. The minimum Gasteiger partial charge on any atom is -0.456 e. The summed E-state index contributed by atoms with van der Waals surface area (Å²) in [7, 11) is 2.11. The summed E-state index contributed by atoms with van der Waals surface area (Å²) in [4.78, 5) is 0. The summed E-state index contributed by atoms with van der Waals surface area (Å²) in [5.41, 5.74) is 9.91. The summed E-state index contributed by atoms with van der Waals surface area (Å²) in [6, 6.07) is 44.4. The maximum absolute atomic E-state index is 6.83. The van der Waals surface area contributed by atoms with Gasteiger partial charge in [0.25, 0.3) is 5.65 Å². The van der Waals surface area contributed by atoms with Crippen LogP contribution in [0, 0.1) is 0 Å². The van der Waals surface area contributed by atoms with Gasteiger partial charge in [0.1, 0.15) is 22.7 Å². The molecule has 0 saturated carbocycles. The smallest absolute Gasteiger partial charge is 0.294 e. The molecule has 10 rings (SSSR count). The molecule has 0 radical (unpaired) electrons. The molecule has 2 aromatic heterocycles. The van der Waals surface area contributed by atoms with E-state index in [0.29, 0.717) is 5.90 Å². The fraction of sp³-hybridized carbons (Fsp3) is 0.0769. The van der Waals surface area contributed by atoms with Crippen LogP contribution in [0.1, 0.15) is 22.6 Å². The molecule has 3 aliphatic rings. The lowest BCUT2D eigenvalue weighted by atomic mass is 9.87. The number of fused-ring (bicyclic) bond motifs is 8. The number of pyridine rings is 1. The van der Waals surface area contributed by atoms with Gasteiger partial charge in [0.15, 0.2) is 0 Å². The van der Waals surface area contributed by atoms with Crippen LogP contribution in [0.15, 0.2) is 139 Å². The standard InChI is InChI=1S/C39H27N4O2/c1-41-23-9-13-28-27-12-5-6-14-29(27)42(38(28)41)30-15-7-17-32-34(30)36-35-31(16-8-18-33(35)44-32)43-39(36)45-37(40-43)26-21-19-25(20-22-26)24-10-3-2-4-11-24/h2-23,36,39H,1H3/q+1. The molecule has 2 unspecified atom stereocenters. The number of ether oxygens (including phenoxy) is 2. The third-order valence-corrected chi connectivity index (χ3v) is 9.41. The molecule has 7 aromatic rings. The Morgan fingerprint density at radius 2 is 1.29 bits per heavy atom. The van der Waals surface area contributed by atoms with E-state index in [1.54, 1.807) is 0 Å². The molecule has 5 heterocycles. The van der Waals surface area contributed by atoms with E-state index in [9.17, 15) is 0 Å². The number of hydrogen-bond acceptors (Lipinski definition) is 4. The van der Waals surface area contributed by atoms with Crippen molar-refractivity contribution in [3.05, 3.63) is 150 Å². The first-order valence-corrected chi connectivity index (χ1v) is 15.3. The SMILES string of the molecule is C[n+]1cccc2c3ccccc3n(-c3cccc4c3C3c5c(cccc5N5N=C(c6ccc(-c7ccccc7)cc6)OC35)O4)c21. The molecular weight excluding hydrogens is 556 g/mol.